The van der Waals surface area contributed by atoms with Crippen molar-refractivity contribution < 1.29 is 19.0 Å². The van der Waals surface area contributed by atoms with Gasteiger partial charge in [0.05, 0.1) is 19.8 Å². The van der Waals surface area contributed by atoms with Crippen molar-refractivity contribution in [2.24, 2.45) is 5.92 Å². The molecule has 0 atom stereocenters. The lowest BCUT2D eigenvalue weighted by Gasteiger charge is -2.35. The Labute approximate surface area is 211 Å². The van der Waals surface area contributed by atoms with E-state index in [1.807, 2.05) is 12.1 Å². The minimum atomic E-state index is -0.423. The molecule has 10 nitrogen and oxygen atoms in total. The monoisotopic (exact) mass is 512 g/mol. The van der Waals surface area contributed by atoms with Crippen LogP contribution in [0.25, 0.3) is 0 Å². The molecular weight excluding hydrogens is 483 g/mol. The number of anilines is 2. The standard InChI is InChI=1S/C22H28N6O4.2ClH/c29-21-28(19-2-1-11-24-26-19)15-22(32-21)9-5-16(6-10-22)14-23-18-3-4-20(27-25-18)31-17-7-12-30-13-8-17;;/h1-4,11,16-17H,5-10,12-15H2,(H,23,25);2*1H. The van der Waals surface area contributed by atoms with Crippen molar-refractivity contribution in [3.05, 3.63) is 30.5 Å². The van der Waals surface area contributed by atoms with Crippen molar-refractivity contribution in [3.8, 4) is 5.88 Å². The summed E-state index contributed by atoms with van der Waals surface area (Å²) in [6, 6.07) is 7.32. The first-order valence-corrected chi connectivity index (χ1v) is 11.3. The molecule has 1 saturated carbocycles. The fraction of sp³-hybridized carbons (Fsp3) is 0.591. The molecule has 1 aliphatic carbocycles. The minimum Gasteiger partial charge on any atom is -0.473 e. The Morgan fingerprint density at radius 2 is 1.85 bits per heavy atom. The van der Waals surface area contributed by atoms with Crippen LogP contribution in [0.15, 0.2) is 30.5 Å². The Kier molecular flexibility index (Phi) is 9.10. The van der Waals surface area contributed by atoms with E-state index in [1.54, 1.807) is 23.2 Å². The zero-order valence-corrected chi connectivity index (χ0v) is 20.4. The van der Waals surface area contributed by atoms with Gasteiger partial charge in [0.1, 0.15) is 17.5 Å². The summed E-state index contributed by atoms with van der Waals surface area (Å²) in [6.45, 7) is 2.81. The minimum absolute atomic E-state index is 0. The summed E-state index contributed by atoms with van der Waals surface area (Å²) in [5, 5.41) is 19.7. The molecule has 1 N–H and O–H groups in total. The second-order valence-electron chi connectivity index (χ2n) is 8.73. The number of rotatable bonds is 6. The molecule has 2 saturated heterocycles. The Morgan fingerprint density at radius 3 is 2.53 bits per heavy atom. The van der Waals surface area contributed by atoms with Gasteiger partial charge in [-0.2, -0.15) is 5.10 Å². The van der Waals surface area contributed by atoms with Crippen LogP contribution in [0.1, 0.15) is 38.5 Å². The number of carbonyl (C=O) groups is 1. The first-order chi connectivity index (χ1) is 15.7. The zero-order valence-electron chi connectivity index (χ0n) is 18.8. The second-order valence-corrected chi connectivity index (χ2v) is 8.73. The summed E-state index contributed by atoms with van der Waals surface area (Å²) in [4.78, 5) is 14.0. The average molecular weight is 513 g/mol. The van der Waals surface area contributed by atoms with E-state index in [-0.39, 0.29) is 37.0 Å². The highest BCUT2D eigenvalue weighted by atomic mass is 35.5. The molecule has 0 radical (unpaired) electrons. The summed E-state index contributed by atoms with van der Waals surface area (Å²) < 4.78 is 17.0. The second kappa shape index (κ2) is 11.8. The molecule has 2 aromatic heterocycles. The fourth-order valence-electron chi connectivity index (χ4n) is 4.60. The molecule has 3 fully saturated rings. The molecule has 12 heteroatoms. The molecule has 1 amide bonds. The molecule has 2 aliphatic heterocycles. The van der Waals surface area contributed by atoms with Gasteiger partial charge in [-0.05, 0) is 49.8 Å². The summed E-state index contributed by atoms with van der Waals surface area (Å²) in [7, 11) is 0. The van der Waals surface area contributed by atoms with Crippen LogP contribution in [-0.4, -0.2) is 64.5 Å². The Bertz CT molecular complexity index is 909. The molecule has 4 heterocycles. The maximum absolute atomic E-state index is 12.4. The number of halogens is 2. The third-order valence-corrected chi connectivity index (χ3v) is 6.49. The summed E-state index contributed by atoms with van der Waals surface area (Å²) in [5.74, 6) is 2.33. The van der Waals surface area contributed by atoms with Gasteiger partial charge < -0.3 is 19.5 Å². The maximum Gasteiger partial charge on any atom is 0.416 e. The van der Waals surface area contributed by atoms with Crippen LogP contribution >= 0.6 is 24.8 Å². The number of nitrogens with zero attached hydrogens (tertiary/aromatic N) is 5. The first kappa shape index (κ1) is 26.2. The largest absolute Gasteiger partial charge is 0.473 e. The number of ether oxygens (including phenoxy) is 3. The Morgan fingerprint density at radius 1 is 1.06 bits per heavy atom. The molecule has 2 aromatic rings. The molecule has 186 valence electrons. The van der Waals surface area contributed by atoms with Crippen molar-refractivity contribution in [3.63, 3.8) is 0 Å². The van der Waals surface area contributed by atoms with Crippen molar-refractivity contribution in [2.45, 2.75) is 50.2 Å². The number of nitrogens with one attached hydrogen (secondary N) is 1. The molecule has 3 aliphatic rings. The van der Waals surface area contributed by atoms with E-state index in [0.29, 0.717) is 24.2 Å². The lowest BCUT2D eigenvalue weighted by Crippen LogP contribution is -2.39. The SMILES string of the molecule is Cl.Cl.O=C1OC2(CCC(CNc3ccc(OC4CCOCC4)nn3)CC2)CN1c1cccnn1. The number of aromatic nitrogens is 4. The summed E-state index contributed by atoms with van der Waals surface area (Å²) in [6.07, 6.45) is 6.82. The molecule has 0 unspecified atom stereocenters. The van der Waals surface area contributed by atoms with E-state index < -0.39 is 5.60 Å². The van der Waals surface area contributed by atoms with Gasteiger partial charge in [0.15, 0.2) is 5.82 Å². The average Bonchev–Trinajstić information content (AvgIpc) is 3.16. The topological polar surface area (TPSA) is 112 Å². The molecule has 0 bridgehead atoms. The molecular formula is C22H30Cl2N6O4. The van der Waals surface area contributed by atoms with Gasteiger partial charge in [0, 0.05) is 31.6 Å². The van der Waals surface area contributed by atoms with Crippen molar-refractivity contribution in [2.75, 3.05) is 36.5 Å². The number of hydrogen-bond donors (Lipinski definition) is 1. The summed E-state index contributed by atoms with van der Waals surface area (Å²) >= 11 is 0. The van der Waals surface area contributed by atoms with Crippen molar-refractivity contribution >= 4 is 42.5 Å². The molecule has 0 aromatic carbocycles. The van der Waals surface area contributed by atoms with Crippen LogP contribution in [0.2, 0.25) is 0 Å². The van der Waals surface area contributed by atoms with Gasteiger partial charge in [-0.25, -0.2) is 4.79 Å². The third-order valence-electron chi connectivity index (χ3n) is 6.49. The Hall–Kier alpha value is -2.43. The molecule has 34 heavy (non-hydrogen) atoms. The van der Waals surface area contributed by atoms with Crippen LogP contribution < -0.4 is 15.0 Å². The van der Waals surface area contributed by atoms with Crippen LogP contribution in [0.4, 0.5) is 16.4 Å². The van der Waals surface area contributed by atoms with Gasteiger partial charge in [-0.3, -0.25) is 4.90 Å². The zero-order chi connectivity index (χ0) is 21.8. The van der Waals surface area contributed by atoms with Gasteiger partial charge in [0.25, 0.3) is 0 Å². The highest BCUT2D eigenvalue weighted by Gasteiger charge is 2.48. The van der Waals surface area contributed by atoms with E-state index in [4.69, 9.17) is 14.2 Å². The first-order valence-electron chi connectivity index (χ1n) is 11.3. The van der Waals surface area contributed by atoms with Gasteiger partial charge in [-0.15, -0.1) is 40.1 Å². The quantitative estimate of drug-likeness (QED) is 0.619. The lowest BCUT2D eigenvalue weighted by molar-refractivity contribution is 0.0148. The molecule has 1 spiro atoms. The van der Waals surface area contributed by atoms with E-state index in [1.165, 1.54) is 0 Å². The van der Waals surface area contributed by atoms with E-state index in [2.05, 4.69) is 25.7 Å². The third kappa shape index (κ3) is 6.17. The predicted molar refractivity (Wildman–Crippen MR) is 130 cm³/mol. The number of carbonyl (C=O) groups excluding carboxylic acids is 1. The normalized spacial score (nSPS) is 24.6. The highest BCUT2D eigenvalue weighted by Crippen LogP contribution is 2.40. The molecule has 5 rings (SSSR count). The van der Waals surface area contributed by atoms with Gasteiger partial charge in [-0.1, -0.05) is 0 Å². The van der Waals surface area contributed by atoms with Gasteiger partial charge in [0.2, 0.25) is 5.88 Å². The van der Waals surface area contributed by atoms with Crippen LogP contribution in [0.5, 0.6) is 5.88 Å². The van der Waals surface area contributed by atoms with Crippen LogP contribution in [0, 0.1) is 5.92 Å². The van der Waals surface area contributed by atoms with Crippen LogP contribution in [-0.2, 0) is 9.47 Å². The smallest absolute Gasteiger partial charge is 0.416 e. The van der Waals surface area contributed by atoms with E-state index in [0.717, 1.165) is 64.1 Å². The predicted octanol–water partition coefficient (Wildman–Crippen LogP) is 3.67. The van der Waals surface area contributed by atoms with E-state index in [9.17, 15) is 4.79 Å². The van der Waals surface area contributed by atoms with Crippen molar-refractivity contribution in [1.29, 1.82) is 0 Å². The highest BCUT2D eigenvalue weighted by molar-refractivity contribution is 5.89. The lowest BCUT2D eigenvalue weighted by atomic mass is 9.78. The van der Waals surface area contributed by atoms with E-state index >= 15 is 0 Å². The van der Waals surface area contributed by atoms with Crippen molar-refractivity contribution in [1.82, 2.24) is 20.4 Å². The maximum atomic E-state index is 12.4. The summed E-state index contributed by atoms with van der Waals surface area (Å²) in [5.41, 5.74) is -0.423. The number of hydrogen-bond acceptors (Lipinski definition) is 9. The van der Waals surface area contributed by atoms with Crippen LogP contribution in [0.3, 0.4) is 0 Å². The fourth-order valence-corrected chi connectivity index (χ4v) is 4.60. The Balaban J connectivity index is 0.00000162. The van der Waals surface area contributed by atoms with Gasteiger partial charge >= 0.3 is 6.09 Å². The number of amides is 1.